The summed E-state index contributed by atoms with van der Waals surface area (Å²) in [6.45, 7) is 10.6. The van der Waals surface area contributed by atoms with Crippen molar-refractivity contribution in [2.75, 3.05) is 32.7 Å². The summed E-state index contributed by atoms with van der Waals surface area (Å²) in [7, 11) is 0. The van der Waals surface area contributed by atoms with E-state index in [4.69, 9.17) is 44.5 Å². The molecule has 3 aliphatic rings. The maximum atomic E-state index is 15.1. The number of aromatic nitrogens is 3. The van der Waals surface area contributed by atoms with Gasteiger partial charge in [0.1, 0.15) is 11.3 Å². The van der Waals surface area contributed by atoms with Crippen LogP contribution in [-0.4, -0.2) is 104 Å². The highest BCUT2D eigenvalue weighted by atomic mass is 35.5. The number of rotatable bonds is 8. The second-order valence-electron chi connectivity index (χ2n) is 17.0. The summed E-state index contributed by atoms with van der Waals surface area (Å²) in [6.07, 6.45) is 5.66. The van der Waals surface area contributed by atoms with Crippen LogP contribution in [0.1, 0.15) is 81.9 Å². The third-order valence-electron chi connectivity index (χ3n) is 11.9. The third kappa shape index (κ3) is 8.58. The quantitative estimate of drug-likeness (QED) is 0.161. The van der Waals surface area contributed by atoms with Crippen LogP contribution in [-0.2, 0) is 9.53 Å². The van der Waals surface area contributed by atoms with E-state index in [1.165, 1.54) is 0 Å². The lowest BCUT2D eigenvalue weighted by Crippen LogP contribution is -2.56. The molecule has 0 aliphatic carbocycles. The van der Waals surface area contributed by atoms with E-state index in [0.717, 1.165) is 67.5 Å². The number of imidazole rings is 1. The van der Waals surface area contributed by atoms with Crippen LogP contribution in [0, 0.1) is 0 Å². The van der Waals surface area contributed by atoms with Crippen molar-refractivity contribution >= 4 is 63.6 Å². The Morgan fingerprint density at radius 3 is 2.37 bits per heavy atom. The molecule has 0 spiro atoms. The second-order valence-corrected chi connectivity index (χ2v) is 18.2. The molecule has 5 heterocycles. The average molecular weight is 859 g/mol. The maximum absolute atomic E-state index is 15.1. The topological polar surface area (TPSA) is 116 Å². The van der Waals surface area contributed by atoms with Gasteiger partial charge in [-0.05, 0) is 83.2 Å². The van der Waals surface area contributed by atoms with Gasteiger partial charge in [0.2, 0.25) is 5.91 Å². The predicted molar refractivity (Wildman–Crippen MR) is 233 cm³/mol. The fourth-order valence-corrected chi connectivity index (χ4v) is 9.78. The van der Waals surface area contributed by atoms with Gasteiger partial charge in [-0.2, -0.15) is 0 Å². The standard InChI is InChI=1S/C45H50Cl3N7O4/c1-27(32-15-13-29(46)22-34(32)48)55-26-49-40(28-10-6-5-7-11-28)42(55)39-33-16-14-30(47)23-35(33)50-41(39)43(57)51-36-24-53(44(58)59-45(2,3)4)25-37(36)52-20-17-31(18-21-52)54-19-9-8-12-38(54)56/h5-7,10-11,13-16,22-23,26-27,31,36-37,50H,8-9,12,17-21,24-25H2,1-4H3,(H,51,57)/t27-,36?,37?/m0/s1. The number of likely N-dealkylation sites (tertiary alicyclic amines) is 3. The number of hydrogen-bond donors (Lipinski definition) is 2. The van der Waals surface area contributed by atoms with E-state index in [2.05, 4.69) is 20.1 Å². The molecule has 2 N–H and O–H groups in total. The van der Waals surface area contributed by atoms with Crippen LogP contribution in [0.4, 0.5) is 4.79 Å². The molecule has 3 fully saturated rings. The number of aromatic amines is 1. The summed E-state index contributed by atoms with van der Waals surface area (Å²) >= 11 is 19.7. The van der Waals surface area contributed by atoms with Gasteiger partial charge in [0.15, 0.2) is 0 Å². The minimum atomic E-state index is -0.680. The van der Waals surface area contributed by atoms with Crippen LogP contribution in [0.2, 0.25) is 15.1 Å². The molecule has 2 unspecified atom stereocenters. The van der Waals surface area contributed by atoms with E-state index < -0.39 is 17.7 Å². The van der Waals surface area contributed by atoms with Gasteiger partial charge >= 0.3 is 6.09 Å². The Morgan fingerprint density at radius 1 is 0.932 bits per heavy atom. The maximum Gasteiger partial charge on any atom is 0.410 e. The van der Waals surface area contributed by atoms with Crippen molar-refractivity contribution in [3.63, 3.8) is 0 Å². The number of nitrogens with one attached hydrogen (secondary N) is 2. The summed E-state index contributed by atoms with van der Waals surface area (Å²) in [5.74, 6) is -0.0826. The van der Waals surface area contributed by atoms with Crippen LogP contribution in [0.15, 0.2) is 73.1 Å². The molecule has 14 heteroatoms. The lowest BCUT2D eigenvalue weighted by molar-refractivity contribution is -0.137. The highest BCUT2D eigenvalue weighted by Gasteiger charge is 2.43. The Bertz CT molecular complexity index is 2370. The van der Waals surface area contributed by atoms with Gasteiger partial charge in [-0.3, -0.25) is 14.5 Å². The Labute approximate surface area is 359 Å². The Kier molecular flexibility index (Phi) is 11.8. The van der Waals surface area contributed by atoms with Crippen LogP contribution in [0.25, 0.3) is 33.4 Å². The molecule has 3 aliphatic heterocycles. The number of nitrogens with zero attached hydrogens (tertiary/aromatic N) is 5. The van der Waals surface area contributed by atoms with E-state index in [1.807, 2.05) is 92.9 Å². The second kappa shape index (κ2) is 16.8. The number of H-pyrrole nitrogens is 1. The van der Waals surface area contributed by atoms with Gasteiger partial charge in [-0.15, -0.1) is 0 Å². The van der Waals surface area contributed by atoms with E-state index in [1.54, 1.807) is 17.3 Å². The van der Waals surface area contributed by atoms with Gasteiger partial charge in [0, 0.05) is 88.3 Å². The Morgan fingerprint density at radius 2 is 1.66 bits per heavy atom. The fraction of sp³-hybridized carbons (Fsp3) is 0.422. The van der Waals surface area contributed by atoms with Crippen molar-refractivity contribution < 1.29 is 19.1 Å². The lowest BCUT2D eigenvalue weighted by atomic mass is 9.97. The van der Waals surface area contributed by atoms with Crippen molar-refractivity contribution in [3.8, 4) is 22.5 Å². The highest BCUT2D eigenvalue weighted by molar-refractivity contribution is 6.35. The van der Waals surface area contributed by atoms with Crippen molar-refractivity contribution in [1.82, 2.24) is 34.6 Å². The number of piperidine rings is 2. The molecule has 8 rings (SSSR count). The monoisotopic (exact) mass is 857 g/mol. The van der Waals surface area contributed by atoms with Gasteiger partial charge in [-0.25, -0.2) is 9.78 Å². The van der Waals surface area contributed by atoms with E-state index in [0.29, 0.717) is 50.5 Å². The molecule has 11 nitrogen and oxygen atoms in total. The number of ether oxygens (including phenoxy) is 1. The third-order valence-corrected chi connectivity index (χ3v) is 12.7. The molecule has 0 saturated carbocycles. The normalized spacial score (nSPS) is 20.0. The fourth-order valence-electron chi connectivity index (χ4n) is 9.04. The summed E-state index contributed by atoms with van der Waals surface area (Å²) in [6, 6.07) is 20.2. The minimum absolute atomic E-state index is 0.177. The molecular weight excluding hydrogens is 809 g/mol. The molecule has 2 aromatic heterocycles. The molecular formula is C45H50Cl3N7O4. The van der Waals surface area contributed by atoms with Gasteiger partial charge in [0.05, 0.1) is 29.8 Å². The molecule has 3 atom stereocenters. The van der Waals surface area contributed by atoms with E-state index in [9.17, 15) is 9.59 Å². The average Bonchev–Trinajstić information content (AvgIpc) is 3.93. The zero-order chi connectivity index (χ0) is 41.6. The largest absolute Gasteiger partial charge is 0.444 e. The number of fused-ring (bicyclic) bond motifs is 1. The lowest BCUT2D eigenvalue weighted by Gasteiger charge is -2.42. The Balaban J connectivity index is 1.17. The van der Waals surface area contributed by atoms with Gasteiger partial charge in [0.25, 0.3) is 5.91 Å². The highest BCUT2D eigenvalue weighted by Crippen LogP contribution is 2.42. The number of carbonyl (C=O) groups is 3. The van der Waals surface area contributed by atoms with Gasteiger partial charge < -0.3 is 29.4 Å². The summed E-state index contributed by atoms with van der Waals surface area (Å²) < 4.78 is 7.88. The van der Waals surface area contributed by atoms with Crippen molar-refractivity contribution in [2.24, 2.45) is 0 Å². The van der Waals surface area contributed by atoms with Crippen molar-refractivity contribution in [3.05, 3.63) is 99.4 Å². The van der Waals surface area contributed by atoms with Crippen LogP contribution in [0.5, 0.6) is 0 Å². The number of carbonyl (C=O) groups excluding carboxylic acids is 3. The van der Waals surface area contributed by atoms with Crippen LogP contribution >= 0.6 is 34.8 Å². The number of benzene rings is 3. The van der Waals surface area contributed by atoms with E-state index in [-0.39, 0.29) is 36.5 Å². The van der Waals surface area contributed by atoms with Crippen LogP contribution < -0.4 is 5.32 Å². The number of amides is 3. The Hall–Kier alpha value is -4.55. The van der Waals surface area contributed by atoms with Gasteiger partial charge in [-0.1, -0.05) is 77.3 Å². The predicted octanol–water partition coefficient (Wildman–Crippen LogP) is 9.46. The first-order valence-electron chi connectivity index (χ1n) is 20.5. The minimum Gasteiger partial charge on any atom is -0.444 e. The molecule has 5 aromatic rings. The molecule has 310 valence electrons. The summed E-state index contributed by atoms with van der Waals surface area (Å²) in [5, 5.41) is 5.74. The smallest absolute Gasteiger partial charge is 0.410 e. The molecule has 0 radical (unpaired) electrons. The van der Waals surface area contributed by atoms with E-state index >= 15 is 4.79 Å². The summed E-state index contributed by atoms with van der Waals surface area (Å²) in [4.78, 5) is 56.0. The molecule has 3 aromatic carbocycles. The molecule has 59 heavy (non-hydrogen) atoms. The first kappa shape index (κ1) is 41.2. The zero-order valence-electron chi connectivity index (χ0n) is 33.8. The molecule has 3 saturated heterocycles. The van der Waals surface area contributed by atoms with Crippen molar-refractivity contribution in [2.45, 2.75) is 89.6 Å². The molecule has 0 bridgehead atoms. The molecule has 3 amide bonds. The number of halogens is 3. The SMILES string of the molecule is C[C@@H](c1ccc(Cl)cc1Cl)n1cnc(-c2ccccc2)c1-c1c(C(=O)NC2CN(C(=O)OC(C)(C)C)CC2N2CCC(N3CCCCC3=O)CC2)[nH]c2cc(Cl)ccc12. The summed E-state index contributed by atoms with van der Waals surface area (Å²) in [5.41, 5.74) is 4.14. The zero-order valence-corrected chi connectivity index (χ0v) is 36.1. The first-order chi connectivity index (χ1) is 28.3. The van der Waals surface area contributed by atoms with Crippen molar-refractivity contribution in [1.29, 1.82) is 0 Å². The number of hydrogen-bond acceptors (Lipinski definition) is 6. The van der Waals surface area contributed by atoms with Crippen LogP contribution in [0.3, 0.4) is 0 Å². The first-order valence-corrected chi connectivity index (χ1v) is 21.6.